The second kappa shape index (κ2) is 7.41. The van der Waals surface area contributed by atoms with Crippen LogP contribution >= 0.6 is 0 Å². The Labute approximate surface area is 185 Å². The highest BCUT2D eigenvalue weighted by molar-refractivity contribution is 5.88. The predicted octanol–water partition coefficient (Wildman–Crippen LogP) is 3.80. The molecule has 0 saturated carbocycles. The molecule has 0 amide bonds. The fourth-order valence-corrected chi connectivity index (χ4v) is 4.36. The lowest BCUT2D eigenvalue weighted by molar-refractivity contribution is 0.257. The highest BCUT2D eigenvalue weighted by Crippen LogP contribution is 2.33. The van der Waals surface area contributed by atoms with Gasteiger partial charge in [-0.05, 0) is 51.1 Å². The van der Waals surface area contributed by atoms with Gasteiger partial charge in [0, 0.05) is 42.3 Å². The number of aryl methyl sites for hydroxylation is 1. The second-order valence-electron chi connectivity index (χ2n) is 9.56. The smallest absolute Gasteiger partial charge is 0.134 e. The van der Waals surface area contributed by atoms with Gasteiger partial charge in [-0.25, -0.2) is 14.4 Å². The van der Waals surface area contributed by atoms with E-state index in [-0.39, 0.29) is 17.3 Å². The zero-order valence-electron chi connectivity index (χ0n) is 18.7. The first-order valence-corrected chi connectivity index (χ1v) is 10.8. The van der Waals surface area contributed by atoms with Crippen molar-refractivity contribution in [3.63, 3.8) is 0 Å². The van der Waals surface area contributed by atoms with Crippen molar-refractivity contribution in [2.24, 2.45) is 7.05 Å². The molecule has 2 unspecified atom stereocenters. The molecule has 2 N–H and O–H groups in total. The topological polar surface area (TPSA) is 79.1 Å². The minimum atomic E-state index is -0.947. The quantitative estimate of drug-likeness (QED) is 0.511. The van der Waals surface area contributed by atoms with E-state index in [1.807, 2.05) is 69.2 Å². The number of anilines is 1. The number of hydrogen-bond donors (Lipinski definition) is 2. The van der Waals surface area contributed by atoms with Crippen molar-refractivity contribution in [1.82, 2.24) is 25.1 Å². The summed E-state index contributed by atoms with van der Waals surface area (Å²) in [6.07, 6.45) is 0.959. The lowest BCUT2D eigenvalue weighted by Gasteiger charge is -2.26. The molecule has 1 fully saturated rings. The second-order valence-corrected chi connectivity index (χ2v) is 9.56. The van der Waals surface area contributed by atoms with E-state index in [0.717, 1.165) is 27.8 Å². The average Bonchev–Trinajstić information content (AvgIpc) is 3.26. The van der Waals surface area contributed by atoms with Gasteiger partial charge >= 0.3 is 0 Å². The number of aromatic nitrogens is 4. The first kappa shape index (κ1) is 20.6. The van der Waals surface area contributed by atoms with Crippen molar-refractivity contribution in [1.29, 1.82) is 0 Å². The summed E-state index contributed by atoms with van der Waals surface area (Å²) in [5.41, 5.74) is 3.35. The fraction of sp³-hybridized carbons (Fsp3) is 0.375. The van der Waals surface area contributed by atoms with Gasteiger partial charge in [0.2, 0.25) is 0 Å². The van der Waals surface area contributed by atoms with Crippen molar-refractivity contribution in [3.8, 4) is 17.0 Å². The van der Waals surface area contributed by atoms with Crippen molar-refractivity contribution < 1.29 is 9.50 Å². The molecule has 8 heteroatoms. The van der Waals surface area contributed by atoms with Gasteiger partial charge in [-0.1, -0.05) is 0 Å². The minimum Gasteiger partial charge on any atom is -0.507 e. The molecule has 32 heavy (non-hydrogen) atoms. The van der Waals surface area contributed by atoms with Crippen molar-refractivity contribution in [3.05, 3.63) is 42.6 Å². The van der Waals surface area contributed by atoms with Crippen LogP contribution in [0.1, 0.15) is 20.8 Å². The molecular weight excluding hydrogens is 407 g/mol. The fourth-order valence-electron chi connectivity index (χ4n) is 4.36. The van der Waals surface area contributed by atoms with Crippen LogP contribution < -0.4 is 10.2 Å². The summed E-state index contributed by atoms with van der Waals surface area (Å²) >= 11 is 0. The number of fused-ring (bicyclic) bond motifs is 2. The van der Waals surface area contributed by atoms with E-state index < -0.39 is 6.17 Å². The Morgan fingerprint density at radius 1 is 1.03 bits per heavy atom. The molecule has 166 valence electrons. The number of phenols is 1. The van der Waals surface area contributed by atoms with Crippen molar-refractivity contribution >= 4 is 27.8 Å². The molecule has 3 aromatic heterocycles. The first-order chi connectivity index (χ1) is 15.2. The van der Waals surface area contributed by atoms with E-state index in [0.29, 0.717) is 24.3 Å². The van der Waals surface area contributed by atoms with Crippen molar-refractivity contribution in [2.45, 2.75) is 38.5 Å². The van der Waals surface area contributed by atoms with Gasteiger partial charge in [0.15, 0.2) is 0 Å². The molecule has 7 nitrogen and oxygen atoms in total. The highest BCUT2D eigenvalue weighted by Gasteiger charge is 2.35. The summed E-state index contributed by atoms with van der Waals surface area (Å²) in [5, 5.41) is 19.1. The summed E-state index contributed by atoms with van der Waals surface area (Å²) in [4.78, 5) is 11.4. The lowest BCUT2D eigenvalue weighted by atomic mass is 10.1. The van der Waals surface area contributed by atoms with Gasteiger partial charge in [-0.2, -0.15) is 5.10 Å². The normalized spacial score (nSPS) is 19.3. The Kier molecular flexibility index (Phi) is 4.78. The Hall–Kier alpha value is -3.26. The van der Waals surface area contributed by atoms with Crippen LogP contribution in [0.25, 0.3) is 33.2 Å². The molecule has 1 aliphatic rings. The van der Waals surface area contributed by atoms with Gasteiger partial charge < -0.3 is 15.3 Å². The van der Waals surface area contributed by atoms with E-state index in [9.17, 15) is 9.50 Å². The summed E-state index contributed by atoms with van der Waals surface area (Å²) in [6.45, 7) is 7.02. The SMILES string of the molecule is Cn1cc2cc(-c3ccc4nc(N5CC(F)C(NC(C)(C)C)C5)ccc4n3)c(O)cc2n1. The number of nitrogens with one attached hydrogen (secondary N) is 1. The van der Waals surface area contributed by atoms with Crippen LogP contribution in [0.4, 0.5) is 10.2 Å². The number of rotatable bonds is 3. The van der Waals surface area contributed by atoms with Gasteiger partial charge in [-0.15, -0.1) is 0 Å². The molecule has 5 rings (SSSR count). The Bertz CT molecular complexity index is 1310. The zero-order valence-corrected chi connectivity index (χ0v) is 18.7. The van der Waals surface area contributed by atoms with Gasteiger partial charge in [0.1, 0.15) is 17.7 Å². The molecule has 1 aliphatic heterocycles. The maximum absolute atomic E-state index is 14.6. The molecular formula is C24H27FN6O. The third-order valence-corrected chi connectivity index (χ3v) is 5.73. The van der Waals surface area contributed by atoms with Gasteiger partial charge in [0.05, 0.1) is 34.8 Å². The van der Waals surface area contributed by atoms with Crippen LogP contribution in [0, 0.1) is 0 Å². The third-order valence-electron chi connectivity index (χ3n) is 5.73. The molecule has 0 radical (unpaired) electrons. The van der Waals surface area contributed by atoms with E-state index in [2.05, 4.69) is 10.4 Å². The summed E-state index contributed by atoms with van der Waals surface area (Å²) in [5.74, 6) is 0.878. The average molecular weight is 435 g/mol. The molecule has 0 aliphatic carbocycles. The van der Waals surface area contributed by atoms with E-state index in [4.69, 9.17) is 9.97 Å². The number of halogens is 1. The Balaban J connectivity index is 1.44. The maximum Gasteiger partial charge on any atom is 0.134 e. The summed E-state index contributed by atoms with van der Waals surface area (Å²) in [6, 6.07) is 10.8. The Morgan fingerprint density at radius 2 is 1.78 bits per heavy atom. The number of aromatic hydroxyl groups is 1. The molecule has 4 aromatic rings. The molecule has 4 heterocycles. The molecule has 1 aromatic carbocycles. The van der Waals surface area contributed by atoms with Crippen LogP contribution in [-0.4, -0.2) is 55.7 Å². The Morgan fingerprint density at radius 3 is 2.56 bits per heavy atom. The van der Waals surface area contributed by atoms with Crippen LogP contribution in [0.2, 0.25) is 0 Å². The molecule has 1 saturated heterocycles. The monoisotopic (exact) mass is 434 g/mol. The van der Waals surface area contributed by atoms with Crippen molar-refractivity contribution in [2.75, 3.05) is 18.0 Å². The van der Waals surface area contributed by atoms with E-state index >= 15 is 0 Å². The highest BCUT2D eigenvalue weighted by atomic mass is 19.1. The zero-order chi connectivity index (χ0) is 22.6. The van der Waals surface area contributed by atoms with Crippen LogP contribution in [0.3, 0.4) is 0 Å². The number of nitrogens with zero attached hydrogens (tertiary/aromatic N) is 5. The van der Waals surface area contributed by atoms with E-state index in [1.54, 1.807) is 10.7 Å². The van der Waals surface area contributed by atoms with Crippen LogP contribution in [0.15, 0.2) is 42.6 Å². The third kappa shape index (κ3) is 3.86. The number of phenolic OH excluding ortho intramolecular Hbond substituents is 1. The van der Waals surface area contributed by atoms with Gasteiger partial charge in [-0.3, -0.25) is 4.68 Å². The minimum absolute atomic E-state index is 0.135. The summed E-state index contributed by atoms with van der Waals surface area (Å²) in [7, 11) is 1.85. The number of hydrogen-bond acceptors (Lipinski definition) is 6. The lowest BCUT2D eigenvalue weighted by Crippen LogP contribution is -2.48. The number of benzene rings is 1. The largest absolute Gasteiger partial charge is 0.507 e. The first-order valence-electron chi connectivity index (χ1n) is 10.8. The molecule has 2 atom stereocenters. The maximum atomic E-state index is 14.6. The number of alkyl halides is 1. The predicted molar refractivity (Wildman–Crippen MR) is 125 cm³/mol. The standard InChI is InChI=1S/C24H27FN6O/c1-24(2,3)28-21-13-31(12-16(21)25)23-8-7-18-19(27-23)6-5-17(26-18)15-9-14-11-30(4)29-20(14)10-22(15)32/h5-11,16,21,28,32H,12-13H2,1-4H3. The summed E-state index contributed by atoms with van der Waals surface area (Å²) < 4.78 is 16.3. The van der Waals surface area contributed by atoms with E-state index in [1.165, 1.54) is 0 Å². The van der Waals surface area contributed by atoms with Crippen LogP contribution in [-0.2, 0) is 7.05 Å². The van der Waals surface area contributed by atoms with Crippen LogP contribution in [0.5, 0.6) is 5.75 Å². The molecule has 0 bridgehead atoms. The van der Waals surface area contributed by atoms with Gasteiger partial charge in [0.25, 0.3) is 0 Å². The molecule has 0 spiro atoms. The number of pyridine rings is 2.